The van der Waals surface area contributed by atoms with Gasteiger partial charge in [-0.15, -0.1) is 0 Å². The van der Waals surface area contributed by atoms with Crippen LogP contribution in [0.5, 0.6) is 0 Å². The molecule has 0 fully saturated rings. The molecule has 0 radical (unpaired) electrons. The van der Waals surface area contributed by atoms with Gasteiger partial charge in [0.1, 0.15) is 0 Å². The van der Waals surface area contributed by atoms with Crippen LogP contribution in [0, 0.1) is 0 Å². The second-order valence-electron chi connectivity index (χ2n) is 4.78. The van der Waals surface area contributed by atoms with Gasteiger partial charge in [-0.2, -0.15) is 9.61 Å². The molecular formula is C14H13N7. The highest BCUT2D eigenvalue weighted by Gasteiger charge is 2.15. The average Bonchev–Trinajstić information content (AvgIpc) is 3.11. The fraction of sp³-hybridized carbons (Fsp3) is 0.143. The SMILES string of the molecule is CNc1nc2cc(-c3cccnc3)nn2c2c1ncn2C. The number of imidazole rings is 1. The maximum absolute atomic E-state index is 4.65. The van der Waals surface area contributed by atoms with Crippen molar-refractivity contribution in [2.24, 2.45) is 7.05 Å². The highest BCUT2D eigenvalue weighted by atomic mass is 15.3. The molecule has 4 aromatic heterocycles. The number of rotatable bonds is 2. The van der Waals surface area contributed by atoms with E-state index in [2.05, 4.69) is 25.4 Å². The van der Waals surface area contributed by atoms with E-state index < -0.39 is 0 Å². The predicted molar refractivity (Wildman–Crippen MR) is 80.0 cm³/mol. The van der Waals surface area contributed by atoms with Crippen LogP contribution in [-0.2, 0) is 7.05 Å². The van der Waals surface area contributed by atoms with Gasteiger partial charge in [-0.05, 0) is 12.1 Å². The van der Waals surface area contributed by atoms with Crippen molar-refractivity contribution >= 4 is 22.6 Å². The van der Waals surface area contributed by atoms with Gasteiger partial charge in [0.05, 0.1) is 12.0 Å². The van der Waals surface area contributed by atoms with E-state index in [0.29, 0.717) is 0 Å². The number of nitrogens with zero attached hydrogens (tertiary/aromatic N) is 6. The number of pyridine rings is 1. The Bertz CT molecular complexity index is 936. The summed E-state index contributed by atoms with van der Waals surface area (Å²) in [4.78, 5) is 13.1. The molecule has 4 rings (SSSR count). The summed E-state index contributed by atoms with van der Waals surface area (Å²) in [5, 5.41) is 7.73. The largest absolute Gasteiger partial charge is 0.371 e. The van der Waals surface area contributed by atoms with Crippen LogP contribution in [0.25, 0.3) is 28.1 Å². The summed E-state index contributed by atoms with van der Waals surface area (Å²) in [6, 6.07) is 5.82. The first-order chi connectivity index (χ1) is 10.3. The number of nitrogens with one attached hydrogen (secondary N) is 1. The summed E-state index contributed by atoms with van der Waals surface area (Å²) in [5.74, 6) is 0.746. The monoisotopic (exact) mass is 279 g/mol. The molecule has 0 aliphatic carbocycles. The molecule has 104 valence electrons. The third-order valence-corrected chi connectivity index (χ3v) is 3.44. The lowest BCUT2D eigenvalue weighted by atomic mass is 10.2. The fourth-order valence-electron chi connectivity index (χ4n) is 2.44. The molecule has 1 N–H and O–H groups in total. The van der Waals surface area contributed by atoms with Crippen LogP contribution >= 0.6 is 0 Å². The highest BCUT2D eigenvalue weighted by Crippen LogP contribution is 2.24. The van der Waals surface area contributed by atoms with Crippen molar-refractivity contribution in [3.8, 4) is 11.3 Å². The Morgan fingerprint density at radius 2 is 2.19 bits per heavy atom. The number of aryl methyl sites for hydroxylation is 1. The highest BCUT2D eigenvalue weighted by molar-refractivity contribution is 5.86. The molecule has 0 aromatic carbocycles. The van der Waals surface area contributed by atoms with Crippen LogP contribution in [0.1, 0.15) is 0 Å². The zero-order valence-electron chi connectivity index (χ0n) is 11.6. The van der Waals surface area contributed by atoms with Crippen LogP contribution in [0.2, 0.25) is 0 Å². The van der Waals surface area contributed by atoms with Gasteiger partial charge in [0.15, 0.2) is 22.6 Å². The number of fused-ring (bicyclic) bond motifs is 3. The second kappa shape index (κ2) is 4.27. The minimum atomic E-state index is 0.746. The summed E-state index contributed by atoms with van der Waals surface area (Å²) in [5.41, 5.74) is 4.28. The van der Waals surface area contributed by atoms with Gasteiger partial charge in [-0.25, -0.2) is 9.97 Å². The van der Waals surface area contributed by atoms with Gasteiger partial charge in [0.25, 0.3) is 0 Å². The van der Waals surface area contributed by atoms with E-state index in [1.165, 1.54) is 0 Å². The maximum Gasteiger partial charge on any atom is 0.167 e. The molecule has 0 saturated carbocycles. The maximum atomic E-state index is 4.65. The lowest BCUT2D eigenvalue weighted by Crippen LogP contribution is -2.01. The average molecular weight is 279 g/mol. The molecule has 4 heterocycles. The van der Waals surface area contributed by atoms with Crippen molar-refractivity contribution < 1.29 is 0 Å². The molecule has 0 amide bonds. The van der Waals surface area contributed by atoms with E-state index in [4.69, 9.17) is 0 Å². The Morgan fingerprint density at radius 3 is 2.95 bits per heavy atom. The molecule has 0 atom stereocenters. The van der Waals surface area contributed by atoms with Gasteiger partial charge < -0.3 is 9.88 Å². The molecule has 0 spiro atoms. The molecular weight excluding hydrogens is 266 g/mol. The number of aromatic nitrogens is 6. The normalized spacial score (nSPS) is 11.3. The Morgan fingerprint density at radius 1 is 1.29 bits per heavy atom. The molecule has 4 aromatic rings. The molecule has 7 nitrogen and oxygen atoms in total. The zero-order chi connectivity index (χ0) is 14.4. The van der Waals surface area contributed by atoms with Gasteiger partial charge in [0.2, 0.25) is 0 Å². The second-order valence-corrected chi connectivity index (χ2v) is 4.78. The lowest BCUT2D eigenvalue weighted by molar-refractivity contribution is 0.876. The third-order valence-electron chi connectivity index (χ3n) is 3.44. The Balaban J connectivity index is 2.07. The summed E-state index contributed by atoms with van der Waals surface area (Å²) < 4.78 is 3.75. The van der Waals surface area contributed by atoms with Gasteiger partial charge >= 0.3 is 0 Å². The van der Waals surface area contributed by atoms with E-state index in [1.807, 2.05) is 41.4 Å². The van der Waals surface area contributed by atoms with E-state index in [1.54, 1.807) is 18.7 Å². The van der Waals surface area contributed by atoms with E-state index in [0.717, 1.165) is 33.9 Å². The topological polar surface area (TPSA) is 72.9 Å². The van der Waals surface area contributed by atoms with Crippen LogP contribution < -0.4 is 5.32 Å². The van der Waals surface area contributed by atoms with Crippen molar-refractivity contribution in [1.82, 2.24) is 29.1 Å². The van der Waals surface area contributed by atoms with Crippen molar-refractivity contribution in [3.05, 3.63) is 36.9 Å². The quantitative estimate of drug-likeness (QED) is 0.605. The predicted octanol–water partition coefficient (Wildman–Crippen LogP) is 1.72. The first-order valence-corrected chi connectivity index (χ1v) is 6.57. The minimum absolute atomic E-state index is 0.746. The van der Waals surface area contributed by atoms with Gasteiger partial charge in [-0.1, -0.05) is 0 Å². The first-order valence-electron chi connectivity index (χ1n) is 6.57. The molecule has 0 aliphatic rings. The number of anilines is 1. The van der Waals surface area contributed by atoms with Crippen LogP contribution in [0.15, 0.2) is 36.9 Å². The van der Waals surface area contributed by atoms with Crippen molar-refractivity contribution in [3.63, 3.8) is 0 Å². The van der Waals surface area contributed by atoms with Gasteiger partial charge in [-0.3, -0.25) is 4.98 Å². The summed E-state index contributed by atoms with van der Waals surface area (Å²) >= 11 is 0. The first kappa shape index (κ1) is 11.8. The summed E-state index contributed by atoms with van der Waals surface area (Å²) in [6.07, 6.45) is 5.30. The van der Waals surface area contributed by atoms with E-state index in [9.17, 15) is 0 Å². The number of hydrogen-bond donors (Lipinski definition) is 1. The lowest BCUT2D eigenvalue weighted by Gasteiger charge is -2.03. The molecule has 0 saturated heterocycles. The van der Waals surface area contributed by atoms with Crippen molar-refractivity contribution in [2.75, 3.05) is 12.4 Å². The van der Waals surface area contributed by atoms with Gasteiger partial charge in [0, 0.05) is 38.1 Å². The van der Waals surface area contributed by atoms with Crippen LogP contribution in [0.4, 0.5) is 5.82 Å². The van der Waals surface area contributed by atoms with Crippen molar-refractivity contribution in [2.45, 2.75) is 0 Å². The minimum Gasteiger partial charge on any atom is -0.371 e. The smallest absolute Gasteiger partial charge is 0.167 e. The van der Waals surface area contributed by atoms with E-state index >= 15 is 0 Å². The molecule has 0 bridgehead atoms. The third kappa shape index (κ3) is 1.67. The molecule has 0 unspecified atom stereocenters. The molecule has 21 heavy (non-hydrogen) atoms. The zero-order valence-corrected chi connectivity index (χ0v) is 11.6. The Hall–Kier alpha value is -2.96. The standard InChI is InChI=1S/C14H13N7/c1-15-13-12-14(20(2)8-17-12)21-11(18-13)6-10(19-21)9-4-3-5-16-7-9/h3-8H,1-2H3,(H,15,18). The van der Waals surface area contributed by atoms with Crippen LogP contribution in [-0.4, -0.2) is 36.2 Å². The van der Waals surface area contributed by atoms with E-state index in [-0.39, 0.29) is 0 Å². The van der Waals surface area contributed by atoms with Crippen LogP contribution in [0.3, 0.4) is 0 Å². The number of hydrogen-bond acceptors (Lipinski definition) is 5. The van der Waals surface area contributed by atoms with Crippen molar-refractivity contribution in [1.29, 1.82) is 0 Å². The Labute approximate surface area is 120 Å². The fourth-order valence-corrected chi connectivity index (χ4v) is 2.44. The molecule has 7 heteroatoms. The Kier molecular flexibility index (Phi) is 2.41. The molecule has 0 aliphatic heterocycles. The summed E-state index contributed by atoms with van der Waals surface area (Å²) in [7, 11) is 3.78. The summed E-state index contributed by atoms with van der Waals surface area (Å²) in [6.45, 7) is 0.